The van der Waals surface area contributed by atoms with Crippen molar-refractivity contribution in [3.8, 4) is 17.3 Å². The summed E-state index contributed by atoms with van der Waals surface area (Å²) < 4.78 is 1.03. The fraction of sp³-hybridized carbons (Fsp3) is 0.333. The van der Waals surface area contributed by atoms with Crippen LogP contribution in [-0.4, -0.2) is 9.97 Å². The summed E-state index contributed by atoms with van der Waals surface area (Å²) in [5.74, 6) is 0.828. The highest BCUT2D eigenvalue weighted by molar-refractivity contribution is 9.10. The van der Waals surface area contributed by atoms with E-state index >= 15 is 0 Å². The number of H-pyrrole nitrogens is 1. The van der Waals surface area contributed by atoms with Gasteiger partial charge in [0.1, 0.15) is 11.2 Å². The van der Waals surface area contributed by atoms with Crippen molar-refractivity contribution in [2.75, 3.05) is 0 Å². The molecule has 3 nitrogen and oxygen atoms in total. The Kier molecular flexibility index (Phi) is 2.94. The molecule has 2 aromatic rings. The molecule has 1 N–H and O–H groups in total. The highest BCUT2D eigenvalue weighted by Gasteiger charge is 2.42. The summed E-state index contributed by atoms with van der Waals surface area (Å²) in [7, 11) is 0. The Hall–Kier alpha value is -1.60. The maximum atomic E-state index is 9.39. The van der Waals surface area contributed by atoms with Crippen LogP contribution in [0.2, 0.25) is 0 Å². The molecule has 0 amide bonds. The van der Waals surface area contributed by atoms with E-state index in [0.717, 1.165) is 46.5 Å². The number of nitriles is 1. The lowest BCUT2D eigenvalue weighted by Crippen LogP contribution is -2.33. The second kappa shape index (κ2) is 4.50. The predicted molar refractivity (Wildman–Crippen MR) is 77.6 cm³/mol. The zero-order chi connectivity index (χ0) is 13.5. The van der Waals surface area contributed by atoms with Crippen LogP contribution < -0.4 is 0 Å². The number of hydrogen-bond acceptors (Lipinski definition) is 2. The number of imidazole rings is 1. The molecule has 1 aliphatic carbocycles. The summed E-state index contributed by atoms with van der Waals surface area (Å²) in [4.78, 5) is 7.99. The summed E-state index contributed by atoms with van der Waals surface area (Å²) in [6, 6.07) is 10.5. The van der Waals surface area contributed by atoms with Crippen molar-refractivity contribution in [3.05, 3.63) is 40.3 Å². The normalized spacial score (nSPS) is 16.7. The van der Waals surface area contributed by atoms with Gasteiger partial charge < -0.3 is 4.98 Å². The molecule has 0 radical (unpaired) electrons. The zero-order valence-electron chi connectivity index (χ0n) is 10.7. The van der Waals surface area contributed by atoms with Crippen LogP contribution in [0.4, 0.5) is 0 Å². The third-order valence-electron chi connectivity index (χ3n) is 3.86. The maximum absolute atomic E-state index is 9.39. The Morgan fingerprint density at radius 3 is 2.79 bits per heavy atom. The minimum Gasteiger partial charge on any atom is -0.344 e. The molecule has 4 heteroatoms. The SMILES string of the molecule is Cc1[nH]c(C2(C#N)CCC2)nc1-c1cccc(Br)c1. The number of halogens is 1. The monoisotopic (exact) mass is 315 g/mol. The van der Waals surface area contributed by atoms with Crippen LogP contribution in [-0.2, 0) is 5.41 Å². The van der Waals surface area contributed by atoms with E-state index in [-0.39, 0.29) is 5.41 Å². The minimum atomic E-state index is -0.380. The first-order valence-corrected chi connectivity index (χ1v) is 7.18. The Bertz CT molecular complexity index is 662. The quantitative estimate of drug-likeness (QED) is 0.907. The maximum Gasteiger partial charge on any atom is 0.127 e. The summed E-state index contributed by atoms with van der Waals surface area (Å²) >= 11 is 3.48. The Balaban J connectivity index is 2.05. The van der Waals surface area contributed by atoms with Gasteiger partial charge in [0.2, 0.25) is 0 Å². The smallest absolute Gasteiger partial charge is 0.127 e. The van der Waals surface area contributed by atoms with Crippen LogP contribution in [0.15, 0.2) is 28.7 Å². The highest BCUT2D eigenvalue weighted by Crippen LogP contribution is 2.42. The number of benzene rings is 1. The number of aryl methyl sites for hydroxylation is 1. The van der Waals surface area contributed by atoms with E-state index in [1.807, 2.05) is 31.2 Å². The average molecular weight is 316 g/mol. The highest BCUT2D eigenvalue weighted by atomic mass is 79.9. The van der Waals surface area contributed by atoms with Gasteiger partial charge in [-0.3, -0.25) is 0 Å². The van der Waals surface area contributed by atoms with Gasteiger partial charge >= 0.3 is 0 Å². The van der Waals surface area contributed by atoms with Crippen LogP contribution in [0.1, 0.15) is 30.8 Å². The fourth-order valence-electron chi connectivity index (χ4n) is 2.54. The largest absolute Gasteiger partial charge is 0.344 e. The van der Waals surface area contributed by atoms with E-state index < -0.39 is 0 Å². The van der Waals surface area contributed by atoms with Crippen molar-refractivity contribution >= 4 is 15.9 Å². The fourth-order valence-corrected chi connectivity index (χ4v) is 2.94. The van der Waals surface area contributed by atoms with Crippen LogP contribution in [0.3, 0.4) is 0 Å². The third kappa shape index (κ3) is 1.98. The van der Waals surface area contributed by atoms with E-state index in [0.29, 0.717) is 0 Å². The number of aromatic amines is 1. The lowest BCUT2D eigenvalue weighted by molar-refractivity contribution is 0.309. The standard InChI is InChI=1S/C15H14BrN3/c1-10-13(11-4-2-5-12(16)8-11)19-14(18-10)15(9-17)6-3-7-15/h2,4-5,8H,3,6-7H2,1H3,(H,18,19). The van der Waals surface area contributed by atoms with Gasteiger partial charge in [-0.2, -0.15) is 5.26 Å². The number of aromatic nitrogens is 2. The van der Waals surface area contributed by atoms with Gasteiger partial charge in [-0.05, 0) is 38.3 Å². The molecule has 3 rings (SSSR count). The second-order valence-electron chi connectivity index (χ2n) is 5.12. The molecule has 19 heavy (non-hydrogen) atoms. The third-order valence-corrected chi connectivity index (χ3v) is 4.35. The zero-order valence-corrected chi connectivity index (χ0v) is 12.3. The lowest BCUT2D eigenvalue weighted by Gasteiger charge is -2.32. The van der Waals surface area contributed by atoms with E-state index in [4.69, 9.17) is 0 Å². The summed E-state index contributed by atoms with van der Waals surface area (Å²) in [6.07, 6.45) is 2.93. The van der Waals surface area contributed by atoms with E-state index in [9.17, 15) is 5.26 Å². The van der Waals surface area contributed by atoms with Gasteiger partial charge in [0.25, 0.3) is 0 Å². The summed E-state index contributed by atoms with van der Waals surface area (Å²) in [5, 5.41) is 9.39. The Labute approximate surface area is 120 Å². The van der Waals surface area contributed by atoms with Gasteiger partial charge in [0.05, 0.1) is 11.8 Å². The van der Waals surface area contributed by atoms with Crippen LogP contribution in [0, 0.1) is 18.3 Å². The van der Waals surface area contributed by atoms with Crippen molar-refractivity contribution in [1.82, 2.24) is 9.97 Å². The molecule has 1 fully saturated rings. The molecule has 1 saturated carbocycles. The average Bonchev–Trinajstić information content (AvgIpc) is 2.71. The molecular weight excluding hydrogens is 302 g/mol. The molecule has 1 aromatic carbocycles. The number of rotatable bonds is 2. The molecule has 1 aliphatic rings. The van der Waals surface area contributed by atoms with E-state index in [2.05, 4.69) is 32.0 Å². The van der Waals surface area contributed by atoms with Crippen molar-refractivity contribution in [2.45, 2.75) is 31.6 Å². The summed E-state index contributed by atoms with van der Waals surface area (Å²) in [6.45, 7) is 2.01. The van der Waals surface area contributed by atoms with Gasteiger partial charge in [-0.25, -0.2) is 4.98 Å². The Morgan fingerprint density at radius 2 is 2.21 bits per heavy atom. The van der Waals surface area contributed by atoms with Gasteiger partial charge in [-0.15, -0.1) is 0 Å². The van der Waals surface area contributed by atoms with E-state index in [1.54, 1.807) is 0 Å². The molecule has 0 bridgehead atoms. The predicted octanol–water partition coefficient (Wildman–Crippen LogP) is 4.09. The number of nitrogens with zero attached hydrogens (tertiary/aromatic N) is 2. The minimum absolute atomic E-state index is 0.380. The number of nitrogens with one attached hydrogen (secondary N) is 1. The molecule has 1 aromatic heterocycles. The lowest BCUT2D eigenvalue weighted by atomic mass is 9.69. The molecule has 0 atom stereocenters. The van der Waals surface area contributed by atoms with Crippen LogP contribution in [0.5, 0.6) is 0 Å². The van der Waals surface area contributed by atoms with Crippen molar-refractivity contribution in [2.24, 2.45) is 0 Å². The molecule has 0 spiro atoms. The van der Waals surface area contributed by atoms with Crippen molar-refractivity contribution in [1.29, 1.82) is 5.26 Å². The molecule has 96 valence electrons. The molecular formula is C15H14BrN3. The van der Waals surface area contributed by atoms with Crippen LogP contribution >= 0.6 is 15.9 Å². The van der Waals surface area contributed by atoms with Crippen molar-refractivity contribution < 1.29 is 0 Å². The summed E-state index contributed by atoms with van der Waals surface area (Å²) in [5.41, 5.74) is 2.66. The van der Waals surface area contributed by atoms with Crippen molar-refractivity contribution in [3.63, 3.8) is 0 Å². The first-order chi connectivity index (χ1) is 9.14. The molecule has 0 aliphatic heterocycles. The van der Waals surface area contributed by atoms with Crippen LogP contribution in [0.25, 0.3) is 11.3 Å². The van der Waals surface area contributed by atoms with E-state index in [1.165, 1.54) is 0 Å². The first-order valence-electron chi connectivity index (χ1n) is 6.39. The Morgan fingerprint density at radius 1 is 1.42 bits per heavy atom. The number of hydrogen-bond donors (Lipinski definition) is 1. The van der Waals surface area contributed by atoms with Gasteiger partial charge in [-0.1, -0.05) is 28.1 Å². The van der Waals surface area contributed by atoms with Gasteiger partial charge in [0, 0.05) is 15.7 Å². The molecule has 0 unspecified atom stereocenters. The second-order valence-corrected chi connectivity index (χ2v) is 6.03. The van der Waals surface area contributed by atoms with Gasteiger partial charge in [0.15, 0.2) is 0 Å². The molecule has 0 saturated heterocycles. The molecule has 1 heterocycles. The first kappa shape index (κ1) is 12.4. The topological polar surface area (TPSA) is 52.5 Å².